The van der Waals surface area contributed by atoms with Crippen molar-refractivity contribution in [3.8, 4) is 0 Å². The predicted octanol–water partition coefficient (Wildman–Crippen LogP) is 1.88. The Morgan fingerprint density at radius 2 is 2.38 bits per heavy atom. The molecule has 2 rings (SSSR count). The number of likely N-dealkylation sites (N-methyl/N-ethyl adjacent to an activating group) is 1. The molecule has 0 unspecified atom stereocenters. The molecule has 1 aromatic heterocycles. The second-order valence-electron chi connectivity index (χ2n) is 4.56. The van der Waals surface area contributed by atoms with Crippen LogP contribution in [0.3, 0.4) is 0 Å². The van der Waals surface area contributed by atoms with Gasteiger partial charge in [0, 0.05) is 12.5 Å². The van der Waals surface area contributed by atoms with E-state index >= 15 is 0 Å². The number of nitrogens with zero attached hydrogens (tertiary/aromatic N) is 1. The largest absolute Gasteiger partial charge is 0.354 e. The Labute approximate surface area is 100 Å². The zero-order chi connectivity index (χ0) is 11.5. The summed E-state index contributed by atoms with van der Waals surface area (Å²) in [5, 5.41) is 7.26. The van der Waals surface area contributed by atoms with Crippen LogP contribution in [0, 0.1) is 5.92 Å². The van der Waals surface area contributed by atoms with E-state index in [1.807, 2.05) is 14.1 Å². The minimum atomic E-state index is 0.224. The molecule has 88 valence electrons. The van der Waals surface area contributed by atoms with E-state index in [0.29, 0.717) is 12.5 Å². The van der Waals surface area contributed by atoms with Gasteiger partial charge in [0.25, 0.3) is 0 Å². The normalized spacial score (nSPS) is 17.4. The van der Waals surface area contributed by atoms with Gasteiger partial charge in [0.05, 0.1) is 6.04 Å². The van der Waals surface area contributed by atoms with Gasteiger partial charge in [-0.15, -0.1) is 0 Å². The first-order valence-electron chi connectivity index (χ1n) is 5.64. The van der Waals surface area contributed by atoms with Gasteiger partial charge in [-0.2, -0.15) is 11.3 Å². The van der Waals surface area contributed by atoms with Crippen molar-refractivity contribution < 1.29 is 4.79 Å². The maximum Gasteiger partial charge on any atom is 0.223 e. The number of rotatable bonds is 5. The smallest absolute Gasteiger partial charge is 0.223 e. The third kappa shape index (κ3) is 2.83. The number of nitrogens with one attached hydrogen (secondary N) is 1. The Bertz CT molecular complexity index is 344. The number of thiophene rings is 1. The van der Waals surface area contributed by atoms with Crippen LogP contribution in [0.2, 0.25) is 0 Å². The fourth-order valence-corrected chi connectivity index (χ4v) is 2.46. The van der Waals surface area contributed by atoms with E-state index in [2.05, 4.69) is 27.0 Å². The van der Waals surface area contributed by atoms with E-state index in [1.165, 1.54) is 5.56 Å². The van der Waals surface area contributed by atoms with Crippen LogP contribution < -0.4 is 5.32 Å². The van der Waals surface area contributed by atoms with E-state index in [4.69, 9.17) is 0 Å². The van der Waals surface area contributed by atoms with E-state index in [0.717, 1.165) is 12.8 Å². The van der Waals surface area contributed by atoms with Gasteiger partial charge in [-0.3, -0.25) is 4.79 Å². The van der Waals surface area contributed by atoms with Gasteiger partial charge in [-0.25, -0.2) is 0 Å². The Morgan fingerprint density at radius 3 is 2.88 bits per heavy atom. The Balaban J connectivity index is 1.90. The van der Waals surface area contributed by atoms with Crippen LogP contribution in [0.5, 0.6) is 0 Å². The van der Waals surface area contributed by atoms with Crippen LogP contribution in [-0.4, -0.2) is 31.4 Å². The third-order valence-electron chi connectivity index (χ3n) is 2.97. The minimum absolute atomic E-state index is 0.224. The summed E-state index contributed by atoms with van der Waals surface area (Å²) in [5.41, 5.74) is 1.28. The lowest BCUT2D eigenvalue weighted by molar-refractivity contribution is -0.122. The second kappa shape index (κ2) is 4.97. The number of amides is 1. The lowest BCUT2D eigenvalue weighted by atomic mass is 10.1. The van der Waals surface area contributed by atoms with Crippen molar-refractivity contribution >= 4 is 17.2 Å². The zero-order valence-corrected chi connectivity index (χ0v) is 10.6. The minimum Gasteiger partial charge on any atom is -0.354 e. The molecule has 0 bridgehead atoms. The molecule has 1 heterocycles. The average Bonchev–Trinajstić information content (AvgIpc) is 2.96. The molecule has 1 amide bonds. The first kappa shape index (κ1) is 11.6. The lowest BCUT2D eigenvalue weighted by Crippen LogP contribution is -2.35. The van der Waals surface area contributed by atoms with Crippen LogP contribution in [0.4, 0.5) is 0 Å². The SMILES string of the molecule is CN(C)[C@@H](CNC(=O)C1CC1)c1ccsc1. The molecule has 4 heteroatoms. The Morgan fingerprint density at radius 1 is 1.62 bits per heavy atom. The van der Waals surface area contributed by atoms with Crippen LogP contribution in [0.1, 0.15) is 24.4 Å². The zero-order valence-electron chi connectivity index (χ0n) is 9.77. The first-order valence-corrected chi connectivity index (χ1v) is 6.59. The van der Waals surface area contributed by atoms with Crippen LogP contribution >= 0.6 is 11.3 Å². The number of carbonyl (C=O) groups excluding carboxylic acids is 1. The highest BCUT2D eigenvalue weighted by Crippen LogP contribution is 2.29. The molecule has 1 aliphatic carbocycles. The van der Waals surface area contributed by atoms with Crippen molar-refractivity contribution in [1.82, 2.24) is 10.2 Å². The molecule has 1 fully saturated rings. The average molecular weight is 238 g/mol. The summed E-state index contributed by atoms with van der Waals surface area (Å²) in [6.45, 7) is 0.707. The standard InChI is InChI=1S/C12H18N2OS/c1-14(2)11(10-5-6-16-8-10)7-13-12(15)9-3-4-9/h5-6,8-9,11H,3-4,7H2,1-2H3,(H,13,15)/t11-/m0/s1. The molecule has 0 aliphatic heterocycles. The molecule has 1 aliphatic rings. The van der Waals surface area contributed by atoms with Gasteiger partial charge < -0.3 is 10.2 Å². The van der Waals surface area contributed by atoms with E-state index in [1.54, 1.807) is 11.3 Å². The quantitative estimate of drug-likeness (QED) is 0.849. The summed E-state index contributed by atoms with van der Waals surface area (Å²) in [6, 6.07) is 2.41. The summed E-state index contributed by atoms with van der Waals surface area (Å²) >= 11 is 1.70. The molecule has 1 atom stereocenters. The maximum absolute atomic E-state index is 11.6. The second-order valence-corrected chi connectivity index (χ2v) is 5.34. The summed E-state index contributed by atoms with van der Waals surface area (Å²) < 4.78 is 0. The topological polar surface area (TPSA) is 32.3 Å². The van der Waals surface area contributed by atoms with Gasteiger partial charge in [0.2, 0.25) is 5.91 Å². The van der Waals surface area contributed by atoms with Crippen LogP contribution in [-0.2, 0) is 4.79 Å². The van der Waals surface area contributed by atoms with Gasteiger partial charge in [0.1, 0.15) is 0 Å². The van der Waals surface area contributed by atoms with Crippen molar-refractivity contribution in [2.75, 3.05) is 20.6 Å². The molecule has 3 nitrogen and oxygen atoms in total. The van der Waals surface area contributed by atoms with Crippen LogP contribution in [0.25, 0.3) is 0 Å². The molecule has 1 aromatic rings. The maximum atomic E-state index is 11.6. The van der Waals surface area contributed by atoms with Gasteiger partial charge in [-0.1, -0.05) is 0 Å². The van der Waals surface area contributed by atoms with E-state index < -0.39 is 0 Å². The molecule has 0 spiro atoms. The highest BCUT2D eigenvalue weighted by atomic mass is 32.1. The molecule has 1 saturated carbocycles. The van der Waals surface area contributed by atoms with Crippen LogP contribution in [0.15, 0.2) is 16.8 Å². The molecular weight excluding hydrogens is 220 g/mol. The van der Waals surface area contributed by atoms with Crippen molar-refractivity contribution in [3.05, 3.63) is 22.4 Å². The fraction of sp³-hybridized carbons (Fsp3) is 0.583. The highest BCUT2D eigenvalue weighted by Gasteiger charge is 2.30. The van der Waals surface area contributed by atoms with E-state index in [-0.39, 0.29) is 11.9 Å². The molecule has 16 heavy (non-hydrogen) atoms. The van der Waals surface area contributed by atoms with Crippen molar-refractivity contribution in [3.63, 3.8) is 0 Å². The summed E-state index contributed by atoms with van der Waals surface area (Å²) in [6.07, 6.45) is 2.13. The third-order valence-corrected chi connectivity index (χ3v) is 3.67. The summed E-state index contributed by atoms with van der Waals surface area (Å²) in [7, 11) is 4.09. The van der Waals surface area contributed by atoms with Crippen molar-refractivity contribution in [2.24, 2.45) is 5.92 Å². The fourth-order valence-electron chi connectivity index (χ4n) is 1.75. The van der Waals surface area contributed by atoms with Gasteiger partial charge >= 0.3 is 0 Å². The summed E-state index contributed by atoms with van der Waals surface area (Å²) in [5.74, 6) is 0.521. The highest BCUT2D eigenvalue weighted by molar-refractivity contribution is 7.07. The molecule has 1 N–H and O–H groups in total. The number of hydrogen-bond acceptors (Lipinski definition) is 3. The molecular formula is C12H18N2OS. The molecule has 0 saturated heterocycles. The number of carbonyl (C=O) groups is 1. The Hall–Kier alpha value is -0.870. The summed E-state index contributed by atoms with van der Waals surface area (Å²) in [4.78, 5) is 13.7. The van der Waals surface area contributed by atoms with Crippen molar-refractivity contribution in [2.45, 2.75) is 18.9 Å². The number of hydrogen-bond donors (Lipinski definition) is 1. The molecule has 0 radical (unpaired) electrons. The van der Waals surface area contributed by atoms with Crippen molar-refractivity contribution in [1.29, 1.82) is 0 Å². The monoisotopic (exact) mass is 238 g/mol. The predicted molar refractivity (Wildman–Crippen MR) is 66.5 cm³/mol. The van der Waals surface area contributed by atoms with Gasteiger partial charge in [-0.05, 0) is 49.3 Å². The lowest BCUT2D eigenvalue weighted by Gasteiger charge is -2.24. The first-order chi connectivity index (χ1) is 7.68. The molecule has 0 aromatic carbocycles. The Kier molecular flexibility index (Phi) is 3.61. The van der Waals surface area contributed by atoms with Gasteiger partial charge in [0.15, 0.2) is 0 Å². The van der Waals surface area contributed by atoms with E-state index in [9.17, 15) is 4.79 Å².